The molecule has 4 N–H and O–H groups in total. The van der Waals surface area contributed by atoms with E-state index in [1.165, 1.54) is 0 Å². The molecule has 0 unspecified atom stereocenters. The second-order valence-corrected chi connectivity index (χ2v) is 4.74. The highest BCUT2D eigenvalue weighted by Crippen LogP contribution is 2.27. The summed E-state index contributed by atoms with van der Waals surface area (Å²) in [5.41, 5.74) is 11.2. The summed E-state index contributed by atoms with van der Waals surface area (Å²) in [6, 6.07) is 4.97. The standard InChI is InChI=1S/C13H19ClN2O2/c1-3-13(16,4-2)8-18-10-7-5-6-9(14)11(10)12(15)17/h5-7H,3-4,8,16H2,1-2H3,(H2,15,17). The number of carbonyl (C=O) groups is 1. The molecule has 1 rings (SSSR count). The first-order chi connectivity index (χ1) is 8.43. The van der Waals surface area contributed by atoms with Crippen LogP contribution in [-0.2, 0) is 0 Å². The number of carbonyl (C=O) groups excluding carboxylic acids is 1. The molecule has 1 aromatic rings. The van der Waals surface area contributed by atoms with E-state index in [0.29, 0.717) is 12.4 Å². The topological polar surface area (TPSA) is 78.3 Å². The molecule has 0 aliphatic carbocycles. The van der Waals surface area contributed by atoms with Crippen LogP contribution in [0.1, 0.15) is 37.0 Å². The molecule has 100 valence electrons. The van der Waals surface area contributed by atoms with Crippen molar-refractivity contribution in [3.8, 4) is 5.75 Å². The van der Waals surface area contributed by atoms with Crippen LogP contribution in [0.2, 0.25) is 5.02 Å². The Hall–Kier alpha value is -1.26. The summed E-state index contributed by atoms with van der Waals surface area (Å²) in [5, 5.41) is 0.288. The molecular formula is C13H19ClN2O2. The summed E-state index contributed by atoms with van der Waals surface area (Å²) < 4.78 is 5.62. The number of rotatable bonds is 6. The minimum atomic E-state index is -0.605. The van der Waals surface area contributed by atoms with Gasteiger partial charge in [0.05, 0.1) is 10.6 Å². The van der Waals surface area contributed by atoms with Crippen LogP contribution in [0.4, 0.5) is 0 Å². The van der Waals surface area contributed by atoms with Gasteiger partial charge in [0, 0.05) is 5.54 Å². The maximum Gasteiger partial charge on any atom is 0.253 e. The Labute approximate surface area is 112 Å². The van der Waals surface area contributed by atoms with Crippen molar-refractivity contribution >= 4 is 17.5 Å². The highest BCUT2D eigenvalue weighted by molar-refractivity contribution is 6.34. The van der Waals surface area contributed by atoms with Crippen molar-refractivity contribution in [1.29, 1.82) is 0 Å². The summed E-state index contributed by atoms with van der Waals surface area (Å²) in [6.45, 7) is 4.32. The molecule has 1 amide bonds. The third-order valence-electron chi connectivity index (χ3n) is 3.15. The monoisotopic (exact) mass is 270 g/mol. The normalized spacial score (nSPS) is 11.3. The van der Waals surface area contributed by atoms with Gasteiger partial charge in [0.2, 0.25) is 0 Å². The zero-order valence-corrected chi connectivity index (χ0v) is 11.5. The fraction of sp³-hybridized carbons (Fsp3) is 0.462. The quantitative estimate of drug-likeness (QED) is 0.833. The van der Waals surface area contributed by atoms with Crippen LogP contribution in [0, 0.1) is 0 Å². The first-order valence-electron chi connectivity index (χ1n) is 5.93. The molecule has 0 aliphatic rings. The van der Waals surface area contributed by atoms with E-state index < -0.39 is 11.4 Å². The van der Waals surface area contributed by atoms with Gasteiger partial charge in [0.1, 0.15) is 12.4 Å². The zero-order valence-electron chi connectivity index (χ0n) is 10.7. The molecule has 0 saturated heterocycles. The first kappa shape index (κ1) is 14.8. The molecule has 0 aromatic heterocycles. The largest absolute Gasteiger partial charge is 0.491 e. The van der Waals surface area contributed by atoms with Crippen molar-refractivity contribution in [3.05, 3.63) is 28.8 Å². The van der Waals surface area contributed by atoms with Gasteiger partial charge in [-0.25, -0.2) is 0 Å². The van der Waals surface area contributed by atoms with Crippen molar-refractivity contribution in [3.63, 3.8) is 0 Å². The van der Waals surface area contributed by atoms with E-state index in [2.05, 4.69) is 0 Å². The molecule has 18 heavy (non-hydrogen) atoms. The minimum Gasteiger partial charge on any atom is -0.491 e. The van der Waals surface area contributed by atoms with Gasteiger partial charge in [-0.2, -0.15) is 0 Å². The third kappa shape index (κ3) is 3.37. The van der Waals surface area contributed by atoms with E-state index in [9.17, 15) is 4.79 Å². The Morgan fingerprint density at radius 3 is 2.50 bits per heavy atom. The van der Waals surface area contributed by atoms with E-state index in [4.69, 9.17) is 27.8 Å². The molecule has 0 atom stereocenters. The van der Waals surface area contributed by atoms with E-state index >= 15 is 0 Å². The van der Waals surface area contributed by atoms with Crippen LogP contribution < -0.4 is 16.2 Å². The van der Waals surface area contributed by atoms with E-state index in [1.807, 2.05) is 13.8 Å². The fourth-order valence-corrected chi connectivity index (χ4v) is 1.80. The van der Waals surface area contributed by atoms with E-state index in [-0.39, 0.29) is 10.6 Å². The van der Waals surface area contributed by atoms with Crippen molar-refractivity contribution < 1.29 is 9.53 Å². The Bertz CT molecular complexity index is 431. The van der Waals surface area contributed by atoms with Crippen LogP contribution in [0.3, 0.4) is 0 Å². The first-order valence-corrected chi connectivity index (χ1v) is 6.31. The molecule has 0 bridgehead atoms. The van der Waals surface area contributed by atoms with Crippen LogP contribution >= 0.6 is 11.6 Å². The third-order valence-corrected chi connectivity index (χ3v) is 3.46. The number of amides is 1. The van der Waals surface area contributed by atoms with Crippen molar-refractivity contribution in [1.82, 2.24) is 0 Å². The SMILES string of the molecule is CCC(N)(CC)COc1cccc(Cl)c1C(N)=O. The average Bonchev–Trinajstić information content (AvgIpc) is 2.35. The maximum absolute atomic E-state index is 11.3. The van der Waals surface area contributed by atoms with Crippen molar-refractivity contribution in [2.45, 2.75) is 32.2 Å². The number of primary amides is 1. The lowest BCUT2D eigenvalue weighted by atomic mass is 9.95. The second kappa shape index (κ2) is 6.07. The molecule has 0 aliphatic heterocycles. The Morgan fingerprint density at radius 1 is 1.39 bits per heavy atom. The molecule has 0 radical (unpaired) electrons. The molecule has 4 nitrogen and oxygen atoms in total. The van der Waals surface area contributed by atoms with E-state index in [0.717, 1.165) is 12.8 Å². The Balaban J connectivity index is 2.92. The van der Waals surface area contributed by atoms with Gasteiger partial charge < -0.3 is 16.2 Å². The lowest BCUT2D eigenvalue weighted by Gasteiger charge is -2.27. The fourth-order valence-electron chi connectivity index (χ4n) is 1.54. The van der Waals surface area contributed by atoms with Gasteiger partial charge in [-0.3, -0.25) is 4.79 Å². The summed E-state index contributed by atoms with van der Waals surface area (Å²) in [5.74, 6) is -0.224. The number of ether oxygens (including phenoxy) is 1. The Morgan fingerprint density at radius 2 is 2.00 bits per heavy atom. The van der Waals surface area contributed by atoms with Gasteiger partial charge in [-0.15, -0.1) is 0 Å². The lowest BCUT2D eigenvalue weighted by Crippen LogP contribution is -2.44. The molecule has 0 saturated carbocycles. The van der Waals surface area contributed by atoms with Crippen molar-refractivity contribution in [2.75, 3.05) is 6.61 Å². The van der Waals surface area contributed by atoms with Crippen LogP contribution in [-0.4, -0.2) is 18.1 Å². The van der Waals surface area contributed by atoms with Gasteiger partial charge in [-0.05, 0) is 25.0 Å². The summed E-state index contributed by atoms with van der Waals surface area (Å²) in [4.78, 5) is 11.3. The number of hydrogen-bond acceptors (Lipinski definition) is 3. The number of hydrogen-bond donors (Lipinski definition) is 2. The summed E-state index contributed by atoms with van der Waals surface area (Å²) in [7, 11) is 0. The van der Waals surface area contributed by atoms with Gasteiger partial charge in [-0.1, -0.05) is 31.5 Å². The highest BCUT2D eigenvalue weighted by atomic mass is 35.5. The Kier molecular flexibility index (Phi) is 4.99. The predicted molar refractivity (Wildman–Crippen MR) is 73.0 cm³/mol. The molecule has 5 heteroatoms. The summed E-state index contributed by atoms with van der Waals surface area (Å²) in [6.07, 6.45) is 1.58. The van der Waals surface area contributed by atoms with Crippen LogP contribution in [0.25, 0.3) is 0 Å². The van der Waals surface area contributed by atoms with Crippen LogP contribution in [0.15, 0.2) is 18.2 Å². The van der Waals surface area contributed by atoms with Crippen LogP contribution in [0.5, 0.6) is 5.75 Å². The van der Waals surface area contributed by atoms with Gasteiger partial charge in [0.25, 0.3) is 5.91 Å². The molecule has 0 heterocycles. The van der Waals surface area contributed by atoms with Gasteiger partial charge in [0.15, 0.2) is 0 Å². The van der Waals surface area contributed by atoms with Crippen molar-refractivity contribution in [2.24, 2.45) is 11.5 Å². The average molecular weight is 271 g/mol. The van der Waals surface area contributed by atoms with Gasteiger partial charge >= 0.3 is 0 Å². The summed E-state index contributed by atoms with van der Waals surface area (Å²) >= 11 is 5.93. The molecule has 0 fully saturated rings. The highest BCUT2D eigenvalue weighted by Gasteiger charge is 2.22. The molecule has 1 aromatic carbocycles. The molecule has 0 spiro atoms. The number of nitrogens with two attached hydrogens (primary N) is 2. The maximum atomic E-state index is 11.3. The minimum absolute atomic E-state index is 0.203. The zero-order chi connectivity index (χ0) is 13.8. The number of benzene rings is 1. The van der Waals surface area contributed by atoms with E-state index in [1.54, 1.807) is 18.2 Å². The molecular weight excluding hydrogens is 252 g/mol. The second-order valence-electron chi connectivity index (χ2n) is 4.34. The smallest absolute Gasteiger partial charge is 0.253 e. The predicted octanol–water partition coefficient (Wildman–Crippen LogP) is 2.34. The lowest BCUT2D eigenvalue weighted by molar-refractivity contribution is 0.0994. The number of halogens is 1.